The van der Waals surface area contributed by atoms with Crippen molar-refractivity contribution in [1.29, 1.82) is 0 Å². The average Bonchev–Trinajstić information content (AvgIpc) is 2.98. The molecule has 0 spiro atoms. The Morgan fingerprint density at radius 1 is 1.08 bits per heavy atom. The van der Waals surface area contributed by atoms with Gasteiger partial charge in [-0.1, -0.05) is 30.3 Å². The predicted octanol–water partition coefficient (Wildman–Crippen LogP) is 2.88. The summed E-state index contributed by atoms with van der Waals surface area (Å²) in [7, 11) is 0. The average molecular weight is 322 g/mol. The fraction of sp³-hybridized carbons (Fsp3) is 0.211. The van der Waals surface area contributed by atoms with Crippen LogP contribution in [0.25, 0.3) is 0 Å². The van der Waals surface area contributed by atoms with Gasteiger partial charge in [-0.3, -0.25) is 14.4 Å². The Balaban J connectivity index is 1.69. The summed E-state index contributed by atoms with van der Waals surface area (Å²) < 4.78 is 0. The Labute approximate surface area is 140 Å². The van der Waals surface area contributed by atoms with Crippen LogP contribution in [0.3, 0.4) is 0 Å². The molecule has 1 aliphatic rings. The molecule has 0 saturated carbocycles. The molecule has 0 aromatic heterocycles. The van der Waals surface area contributed by atoms with Gasteiger partial charge in [0.2, 0.25) is 11.8 Å². The second-order valence-corrected chi connectivity index (χ2v) is 5.87. The van der Waals surface area contributed by atoms with Crippen molar-refractivity contribution in [2.45, 2.75) is 13.3 Å². The van der Waals surface area contributed by atoms with E-state index in [2.05, 4.69) is 5.32 Å². The summed E-state index contributed by atoms with van der Waals surface area (Å²) in [6, 6.07) is 16.1. The molecule has 0 unspecified atom stereocenters. The maximum Gasteiger partial charge on any atom is 0.229 e. The molecule has 1 fully saturated rings. The quantitative estimate of drug-likeness (QED) is 0.880. The SMILES string of the molecule is CC(=O)c1cccc(NC(=O)[C@@H]2CC(=O)N(c3ccccc3)C2)c1. The molecule has 2 aromatic rings. The van der Waals surface area contributed by atoms with Gasteiger partial charge in [-0.15, -0.1) is 0 Å². The molecule has 5 heteroatoms. The van der Waals surface area contributed by atoms with E-state index in [0.29, 0.717) is 17.8 Å². The van der Waals surface area contributed by atoms with Crippen LogP contribution in [0.2, 0.25) is 0 Å². The van der Waals surface area contributed by atoms with Crippen molar-refractivity contribution < 1.29 is 14.4 Å². The minimum atomic E-state index is -0.404. The zero-order chi connectivity index (χ0) is 17.1. The first-order valence-electron chi connectivity index (χ1n) is 7.82. The summed E-state index contributed by atoms with van der Waals surface area (Å²) in [5.41, 5.74) is 1.91. The molecule has 0 bridgehead atoms. The Bertz CT molecular complexity index is 786. The maximum atomic E-state index is 12.4. The molecule has 1 heterocycles. The monoisotopic (exact) mass is 322 g/mol. The third-order valence-corrected chi connectivity index (χ3v) is 4.10. The normalized spacial score (nSPS) is 17.0. The highest BCUT2D eigenvalue weighted by atomic mass is 16.2. The lowest BCUT2D eigenvalue weighted by Gasteiger charge is -2.16. The number of rotatable bonds is 4. The van der Waals surface area contributed by atoms with Crippen LogP contribution in [0.1, 0.15) is 23.7 Å². The van der Waals surface area contributed by atoms with Crippen molar-refractivity contribution in [3.8, 4) is 0 Å². The Kier molecular flexibility index (Phi) is 4.42. The highest BCUT2D eigenvalue weighted by Crippen LogP contribution is 2.25. The lowest BCUT2D eigenvalue weighted by atomic mass is 10.1. The highest BCUT2D eigenvalue weighted by Gasteiger charge is 2.35. The van der Waals surface area contributed by atoms with Gasteiger partial charge in [0.1, 0.15) is 0 Å². The van der Waals surface area contributed by atoms with Gasteiger partial charge in [0, 0.05) is 29.9 Å². The number of carbonyl (C=O) groups excluding carboxylic acids is 3. The van der Waals surface area contributed by atoms with Gasteiger partial charge in [0.15, 0.2) is 5.78 Å². The Morgan fingerprint density at radius 3 is 2.54 bits per heavy atom. The number of hydrogen-bond donors (Lipinski definition) is 1. The van der Waals surface area contributed by atoms with E-state index in [-0.39, 0.29) is 24.0 Å². The maximum absolute atomic E-state index is 12.4. The van der Waals surface area contributed by atoms with Crippen molar-refractivity contribution in [3.63, 3.8) is 0 Å². The van der Waals surface area contributed by atoms with Gasteiger partial charge in [0.05, 0.1) is 5.92 Å². The van der Waals surface area contributed by atoms with Gasteiger partial charge in [-0.25, -0.2) is 0 Å². The molecule has 1 saturated heterocycles. The number of para-hydroxylation sites is 1. The van der Waals surface area contributed by atoms with Gasteiger partial charge in [-0.2, -0.15) is 0 Å². The van der Waals surface area contributed by atoms with Crippen molar-refractivity contribution >= 4 is 29.0 Å². The molecule has 1 aliphatic heterocycles. The standard InChI is InChI=1S/C19H18N2O3/c1-13(22)14-6-5-7-16(10-14)20-19(24)15-11-18(23)21(12-15)17-8-3-2-4-9-17/h2-10,15H,11-12H2,1H3,(H,20,24)/t15-/m1/s1. The molecular formula is C19H18N2O3. The van der Waals surface area contributed by atoms with Crippen LogP contribution in [-0.4, -0.2) is 24.1 Å². The summed E-state index contributed by atoms with van der Waals surface area (Å²) >= 11 is 0. The number of nitrogens with one attached hydrogen (secondary N) is 1. The zero-order valence-corrected chi connectivity index (χ0v) is 13.4. The number of Topliss-reactive ketones (excluding diaryl/α,β-unsaturated/α-hetero) is 1. The van der Waals surface area contributed by atoms with Gasteiger partial charge < -0.3 is 10.2 Å². The van der Waals surface area contributed by atoms with Crippen LogP contribution in [0.15, 0.2) is 54.6 Å². The van der Waals surface area contributed by atoms with Crippen LogP contribution in [0, 0.1) is 5.92 Å². The molecule has 0 aliphatic carbocycles. The molecule has 2 aromatic carbocycles. The van der Waals surface area contributed by atoms with Crippen LogP contribution in [0.5, 0.6) is 0 Å². The molecule has 3 rings (SSSR count). The first kappa shape index (κ1) is 15.9. The molecular weight excluding hydrogens is 304 g/mol. The fourth-order valence-corrected chi connectivity index (χ4v) is 2.80. The van der Waals surface area contributed by atoms with E-state index >= 15 is 0 Å². The molecule has 122 valence electrons. The molecule has 1 N–H and O–H groups in total. The molecule has 2 amide bonds. The third-order valence-electron chi connectivity index (χ3n) is 4.10. The number of ketones is 1. The highest BCUT2D eigenvalue weighted by molar-refractivity contribution is 6.04. The van der Waals surface area contributed by atoms with Crippen LogP contribution in [0.4, 0.5) is 11.4 Å². The van der Waals surface area contributed by atoms with Crippen LogP contribution in [-0.2, 0) is 9.59 Å². The molecule has 0 radical (unpaired) electrons. The smallest absolute Gasteiger partial charge is 0.229 e. The fourth-order valence-electron chi connectivity index (χ4n) is 2.80. The second-order valence-electron chi connectivity index (χ2n) is 5.87. The largest absolute Gasteiger partial charge is 0.326 e. The minimum absolute atomic E-state index is 0.0566. The van der Waals surface area contributed by atoms with Crippen molar-refractivity contribution in [2.75, 3.05) is 16.8 Å². The first-order valence-corrected chi connectivity index (χ1v) is 7.82. The molecule has 5 nitrogen and oxygen atoms in total. The van der Waals surface area contributed by atoms with E-state index in [4.69, 9.17) is 0 Å². The van der Waals surface area contributed by atoms with Crippen LogP contribution < -0.4 is 10.2 Å². The van der Waals surface area contributed by atoms with E-state index in [1.165, 1.54) is 6.92 Å². The number of nitrogens with zero attached hydrogens (tertiary/aromatic N) is 1. The number of amides is 2. The number of anilines is 2. The van der Waals surface area contributed by atoms with Crippen LogP contribution >= 0.6 is 0 Å². The lowest BCUT2D eigenvalue weighted by Crippen LogP contribution is -2.28. The Hall–Kier alpha value is -2.95. The van der Waals surface area contributed by atoms with Crippen molar-refractivity contribution in [2.24, 2.45) is 5.92 Å². The van der Waals surface area contributed by atoms with E-state index < -0.39 is 5.92 Å². The Morgan fingerprint density at radius 2 is 1.83 bits per heavy atom. The van der Waals surface area contributed by atoms with Gasteiger partial charge >= 0.3 is 0 Å². The van der Waals surface area contributed by atoms with E-state index in [9.17, 15) is 14.4 Å². The number of benzene rings is 2. The topological polar surface area (TPSA) is 66.5 Å². The van der Waals surface area contributed by atoms with Crippen molar-refractivity contribution in [3.05, 3.63) is 60.2 Å². The van der Waals surface area contributed by atoms with E-state index in [1.54, 1.807) is 29.2 Å². The first-order chi connectivity index (χ1) is 11.5. The number of hydrogen-bond acceptors (Lipinski definition) is 3. The predicted molar refractivity (Wildman–Crippen MR) is 92.0 cm³/mol. The summed E-state index contributed by atoms with van der Waals surface area (Å²) in [6.45, 7) is 1.84. The van der Waals surface area contributed by atoms with Gasteiger partial charge in [0.25, 0.3) is 0 Å². The molecule has 24 heavy (non-hydrogen) atoms. The van der Waals surface area contributed by atoms with E-state index in [1.807, 2.05) is 30.3 Å². The minimum Gasteiger partial charge on any atom is -0.326 e. The summed E-state index contributed by atoms with van der Waals surface area (Å²) in [5, 5.41) is 2.80. The zero-order valence-electron chi connectivity index (χ0n) is 13.4. The summed E-state index contributed by atoms with van der Waals surface area (Å²) in [4.78, 5) is 37.7. The third kappa shape index (κ3) is 3.35. The summed E-state index contributed by atoms with van der Waals surface area (Å²) in [5.74, 6) is -0.725. The second kappa shape index (κ2) is 6.66. The van der Waals surface area contributed by atoms with Gasteiger partial charge in [-0.05, 0) is 31.2 Å². The molecule has 1 atom stereocenters. The number of carbonyl (C=O) groups is 3. The lowest BCUT2D eigenvalue weighted by molar-refractivity contribution is -0.122. The van der Waals surface area contributed by atoms with E-state index in [0.717, 1.165) is 5.69 Å². The van der Waals surface area contributed by atoms with Crippen molar-refractivity contribution in [1.82, 2.24) is 0 Å². The summed E-state index contributed by atoms with van der Waals surface area (Å²) in [6.07, 6.45) is 0.188.